The van der Waals surface area contributed by atoms with E-state index in [2.05, 4.69) is 4.90 Å². The van der Waals surface area contributed by atoms with Gasteiger partial charge in [0.05, 0.1) is 13.2 Å². The summed E-state index contributed by atoms with van der Waals surface area (Å²) in [5.74, 6) is 0.682. The van der Waals surface area contributed by atoms with E-state index in [4.69, 9.17) is 4.74 Å². The highest BCUT2D eigenvalue weighted by molar-refractivity contribution is 5.85. The highest BCUT2D eigenvalue weighted by Gasteiger charge is 2.37. The van der Waals surface area contributed by atoms with Crippen molar-refractivity contribution in [3.05, 3.63) is 0 Å². The van der Waals surface area contributed by atoms with Crippen molar-refractivity contribution in [1.29, 1.82) is 0 Å². The number of fused-ring (bicyclic) bond motifs is 1. The number of carbonyl (C=O) groups excluding carboxylic acids is 2. The third-order valence-electron chi connectivity index (χ3n) is 6.08. The molecule has 136 valence electrons. The lowest BCUT2D eigenvalue weighted by molar-refractivity contribution is -0.157. The van der Waals surface area contributed by atoms with Gasteiger partial charge in [-0.15, -0.1) is 0 Å². The monoisotopic (exact) mass is 336 g/mol. The first-order valence-electron chi connectivity index (χ1n) is 9.91. The van der Waals surface area contributed by atoms with Crippen molar-refractivity contribution in [2.45, 2.75) is 76.8 Å². The van der Waals surface area contributed by atoms with E-state index in [-0.39, 0.29) is 17.9 Å². The van der Waals surface area contributed by atoms with Crippen molar-refractivity contribution in [2.75, 3.05) is 26.2 Å². The quantitative estimate of drug-likeness (QED) is 0.741. The van der Waals surface area contributed by atoms with Crippen LogP contribution in [0.15, 0.2) is 0 Å². The molecule has 3 atom stereocenters. The Hall–Kier alpha value is -1.10. The molecule has 0 spiro atoms. The van der Waals surface area contributed by atoms with Gasteiger partial charge >= 0.3 is 5.97 Å². The Bertz CT molecular complexity index is 452. The van der Waals surface area contributed by atoms with Gasteiger partial charge in [0.25, 0.3) is 0 Å². The Morgan fingerprint density at radius 1 is 0.958 bits per heavy atom. The maximum absolute atomic E-state index is 12.9. The number of ether oxygens (including phenoxy) is 1. The fourth-order valence-corrected chi connectivity index (χ4v) is 4.90. The highest BCUT2D eigenvalue weighted by Crippen LogP contribution is 2.35. The van der Waals surface area contributed by atoms with Crippen molar-refractivity contribution in [2.24, 2.45) is 5.92 Å². The van der Waals surface area contributed by atoms with E-state index < -0.39 is 0 Å². The van der Waals surface area contributed by atoms with E-state index in [1.807, 2.05) is 6.92 Å². The molecule has 2 saturated heterocycles. The van der Waals surface area contributed by atoms with Crippen molar-refractivity contribution in [3.63, 3.8) is 0 Å². The van der Waals surface area contributed by atoms with Crippen LogP contribution in [0.3, 0.4) is 0 Å². The first kappa shape index (κ1) is 17.7. The van der Waals surface area contributed by atoms with Gasteiger partial charge in [0.2, 0.25) is 5.91 Å². The molecule has 5 heteroatoms. The summed E-state index contributed by atoms with van der Waals surface area (Å²) >= 11 is 0. The number of carbonyl (C=O) groups is 2. The van der Waals surface area contributed by atoms with Crippen LogP contribution in [0.5, 0.6) is 0 Å². The second-order valence-corrected chi connectivity index (χ2v) is 7.58. The minimum absolute atomic E-state index is 0.124. The van der Waals surface area contributed by atoms with Gasteiger partial charge in [-0.1, -0.05) is 12.8 Å². The topological polar surface area (TPSA) is 49.9 Å². The van der Waals surface area contributed by atoms with E-state index in [1.165, 1.54) is 38.5 Å². The van der Waals surface area contributed by atoms with Gasteiger partial charge in [-0.2, -0.15) is 0 Å². The lowest BCUT2D eigenvalue weighted by Gasteiger charge is -2.45. The number of amides is 1. The first-order chi connectivity index (χ1) is 11.7. The summed E-state index contributed by atoms with van der Waals surface area (Å²) in [6.07, 6.45) is 10.5. The van der Waals surface area contributed by atoms with Gasteiger partial charge in [0.15, 0.2) is 0 Å². The molecule has 3 rings (SSSR count). The molecule has 1 amide bonds. The van der Waals surface area contributed by atoms with Gasteiger partial charge in [-0.05, 0) is 64.3 Å². The number of nitrogens with zero attached hydrogens (tertiary/aromatic N) is 2. The SMILES string of the molecule is CCOC(=O)C1CCCCN1C(=O)CN1CCCC2CCCCC21. The standard InChI is InChI=1S/C19H32N2O3/c1-2-24-19(23)17-11-5-6-13-21(17)18(22)14-20-12-7-9-15-8-3-4-10-16(15)20/h15-17H,2-14H2,1H3. The Balaban J connectivity index is 1.62. The number of piperidine rings is 2. The maximum atomic E-state index is 12.9. The summed E-state index contributed by atoms with van der Waals surface area (Å²) in [4.78, 5) is 29.3. The fourth-order valence-electron chi connectivity index (χ4n) is 4.90. The van der Waals surface area contributed by atoms with Crippen LogP contribution in [0, 0.1) is 5.92 Å². The number of hydrogen-bond donors (Lipinski definition) is 0. The molecule has 0 radical (unpaired) electrons. The van der Waals surface area contributed by atoms with Crippen LogP contribution in [0.25, 0.3) is 0 Å². The zero-order valence-electron chi connectivity index (χ0n) is 15.0. The molecule has 3 aliphatic rings. The van der Waals surface area contributed by atoms with Gasteiger partial charge in [0, 0.05) is 12.6 Å². The predicted molar refractivity (Wildman–Crippen MR) is 92.5 cm³/mol. The Morgan fingerprint density at radius 2 is 1.71 bits per heavy atom. The molecule has 2 heterocycles. The molecule has 1 saturated carbocycles. The molecular weight excluding hydrogens is 304 g/mol. The van der Waals surface area contributed by atoms with Crippen molar-refractivity contribution in [3.8, 4) is 0 Å². The summed E-state index contributed by atoms with van der Waals surface area (Å²) in [6, 6.07) is 0.223. The van der Waals surface area contributed by atoms with Crippen LogP contribution >= 0.6 is 0 Å². The van der Waals surface area contributed by atoms with Crippen LogP contribution in [-0.2, 0) is 14.3 Å². The van der Waals surface area contributed by atoms with Crippen LogP contribution in [0.1, 0.15) is 64.7 Å². The molecule has 3 fully saturated rings. The number of likely N-dealkylation sites (tertiary alicyclic amines) is 2. The van der Waals surface area contributed by atoms with Gasteiger partial charge < -0.3 is 9.64 Å². The van der Waals surface area contributed by atoms with Crippen molar-refractivity contribution in [1.82, 2.24) is 9.80 Å². The molecule has 2 aliphatic heterocycles. The summed E-state index contributed by atoms with van der Waals surface area (Å²) in [5.41, 5.74) is 0. The third-order valence-corrected chi connectivity index (χ3v) is 6.08. The zero-order valence-corrected chi connectivity index (χ0v) is 15.0. The Kier molecular flexibility index (Phi) is 6.14. The van der Waals surface area contributed by atoms with E-state index in [0.717, 1.165) is 31.7 Å². The zero-order chi connectivity index (χ0) is 16.9. The van der Waals surface area contributed by atoms with Crippen LogP contribution in [0.2, 0.25) is 0 Å². The average Bonchev–Trinajstić information content (AvgIpc) is 2.62. The molecule has 0 aromatic carbocycles. The average molecular weight is 336 g/mol. The van der Waals surface area contributed by atoms with Gasteiger partial charge in [0.1, 0.15) is 6.04 Å². The van der Waals surface area contributed by atoms with E-state index in [1.54, 1.807) is 4.90 Å². The molecule has 3 unspecified atom stereocenters. The second-order valence-electron chi connectivity index (χ2n) is 7.58. The summed E-state index contributed by atoms with van der Waals surface area (Å²) < 4.78 is 5.19. The molecule has 0 aromatic rings. The first-order valence-corrected chi connectivity index (χ1v) is 9.91. The fraction of sp³-hybridized carbons (Fsp3) is 0.895. The maximum Gasteiger partial charge on any atom is 0.328 e. The summed E-state index contributed by atoms with van der Waals surface area (Å²) in [7, 11) is 0. The van der Waals surface area contributed by atoms with Gasteiger partial charge in [-0.25, -0.2) is 4.79 Å². The van der Waals surface area contributed by atoms with Crippen molar-refractivity contribution < 1.29 is 14.3 Å². The minimum Gasteiger partial charge on any atom is -0.464 e. The summed E-state index contributed by atoms with van der Waals surface area (Å²) in [5, 5.41) is 0. The number of hydrogen-bond acceptors (Lipinski definition) is 4. The number of esters is 1. The van der Waals surface area contributed by atoms with E-state index >= 15 is 0 Å². The summed E-state index contributed by atoms with van der Waals surface area (Å²) in [6.45, 7) is 4.42. The van der Waals surface area contributed by atoms with E-state index in [0.29, 0.717) is 25.7 Å². The largest absolute Gasteiger partial charge is 0.464 e. The third kappa shape index (κ3) is 3.93. The Morgan fingerprint density at radius 3 is 2.54 bits per heavy atom. The molecule has 0 bridgehead atoms. The molecule has 0 N–H and O–H groups in total. The highest BCUT2D eigenvalue weighted by atomic mass is 16.5. The molecule has 1 aliphatic carbocycles. The smallest absolute Gasteiger partial charge is 0.328 e. The van der Waals surface area contributed by atoms with Gasteiger partial charge in [-0.3, -0.25) is 9.69 Å². The number of rotatable bonds is 4. The Labute approximate surface area is 145 Å². The molecule has 24 heavy (non-hydrogen) atoms. The van der Waals surface area contributed by atoms with Crippen LogP contribution in [-0.4, -0.2) is 60.0 Å². The van der Waals surface area contributed by atoms with Crippen LogP contribution in [0.4, 0.5) is 0 Å². The van der Waals surface area contributed by atoms with Crippen LogP contribution < -0.4 is 0 Å². The van der Waals surface area contributed by atoms with Crippen molar-refractivity contribution >= 4 is 11.9 Å². The second kappa shape index (κ2) is 8.32. The van der Waals surface area contributed by atoms with E-state index in [9.17, 15) is 9.59 Å². The lowest BCUT2D eigenvalue weighted by atomic mass is 9.78. The molecule has 5 nitrogen and oxygen atoms in total. The minimum atomic E-state index is -0.363. The lowest BCUT2D eigenvalue weighted by Crippen LogP contribution is -2.55. The predicted octanol–water partition coefficient (Wildman–Crippen LogP) is 2.59. The molecule has 0 aromatic heterocycles. The molecular formula is C19H32N2O3. The normalized spacial score (nSPS) is 31.4.